The molecule has 0 spiro atoms. The molecule has 34 heavy (non-hydrogen) atoms. The van der Waals surface area contributed by atoms with E-state index in [9.17, 15) is 35.4 Å². The van der Waals surface area contributed by atoms with Crippen molar-refractivity contribution < 1.29 is 35.4 Å². The van der Waals surface area contributed by atoms with Crippen molar-refractivity contribution in [1.82, 2.24) is 0 Å². The Morgan fingerprint density at radius 1 is 1.00 bits per heavy atom. The van der Waals surface area contributed by atoms with E-state index in [1.54, 1.807) is 13.8 Å². The number of hydrogen-bond donors (Lipinski definition) is 6. The number of hydrogen-bond acceptors (Lipinski definition) is 7. The van der Waals surface area contributed by atoms with Gasteiger partial charge in [0.05, 0.1) is 29.5 Å². The molecule has 194 valence electrons. The predicted molar refractivity (Wildman–Crippen MR) is 127 cm³/mol. The molecule has 6 N–H and O–H groups in total. The van der Waals surface area contributed by atoms with E-state index >= 15 is 0 Å². The number of ketones is 1. The Labute approximate surface area is 202 Å². The summed E-state index contributed by atoms with van der Waals surface area (Å²) in [5.74, 6) is -0.821. The fourth-order valence-electron chi connectivity index (χ4n) is 8.31. The molecular weight excluding hydrogens is 436 g/mol. The lowest BCUT2D eigenvalue weighted by Gasteiger charge is -2.62. The van der Waals surface area contributed by atoms with Gasteiger partial charge in [-0.1, -0.05) is 27.7 Å². The quantitative estimate of drug-likeness (QED) is 0.353. The Morgan fingerprint density at radius 2 is 1.62 bits per heavy atom. The maximum Gasteiger partial charge on any atom is 0.187 e. The van der Waals surface area contributed by atoms with Crippen LogP contribution < -0.4 is 0 Å². The van der Waals surface area contributed by atoms with Gasteiger partial charge in [0.2, 0.25) is 0 Å². The lowest BCUT2D eigenvalue weighted by molar-refractivity contribution is -0.211. The van der Waals surface area contributed by atoms with Crippen molar-refractivity contribution in [2.45, 2.75) is 121 Å². The Morgan fingerprint density at radius 3 is 2.24 bits per heavy atom. The Bertz CT molecular complexity index is 867. The third-order valence-electron chi connectivity index (χ3n) is 10.7. The van der Waals surface area contributed by atoms with E-state index in [0.29, 0.717) is 43.6 Å². The molecule has 10 atom stereocenters. The first-order chi connectivity index (χ1) is 15.5. The molecule has 4 aliphatic rings. The maximum atomic E-state index is 13.3. The second-order valence-corrected chi connectivity index (χ2v) is 13.0. The second kappa shape index (κ2) is 8.09. The summed E-state index contributed by atoms with van der Waals surface area (Å²) in [5.41, 5.74) is -5.73. The molecule has 4 aliphatic carbocycles. The molecule has 0 radical (unpaired) electrons. The van der Waals surface area contributed by atoms with Gasteiger partial charge in [-0.3, -0.25) is 4.79 Å². The highest BCUT2D eigenvalue weighted by atomic mass is 16.3. The van der Waals surface area contributed by atoms with Crippen LogP contribution in [-0.4, -0.2) is 71.5 Å². The molecule has 0 bridgehead atoms. The third kappa shape index (κ3) is 3.34. The Balaban J connectivity index is 1.71. The fraction of sp³-hybridized carbons (Fsp3) is 0.889. The molecule has 0 aromatic carbocycles. The van der Waals surface area contributed by atoms with Gasteiger partial charge < -0.3 is 30.6 Å². The van der Waals surface area contributed by atoms with E-state index in [4.69, 9.17) is 0 Å². The van der Waals surface area contributed by atoms with Gasteiger partial charge in [0.1, 0.15) is 5.60 Å². The summed E-state index contributed by atoms with van der Waals surface area (Å²) in [6.45, 7) is 9.58. The first kappa shape index (κ1) is 26.2. The van der Waals surface area contributed by atoms with Crippen LogP contribution in [0.15, 0.2) is 11.6 Å². The largest absolute Gasteiger partial charge is 0.390 e. The second-order valence-electron chi connectivity index (χ2n) is 13.0. The highest BCUT2D eigenvalue weighted by Gasteiger charge is 2.71. The van der Waals surface area contributed by atoms with Gasteiger partial charge in [-0.15, -0.1) is 0 Å². The van der Waals surface area contributed by atoms with Crippen LogP contribution in [-0.2, 0) is 4.79 Å². The van der Waals surface area contributed by atoms with Crippen LogP contribution >= 0.6 is 0 Å². The molecule has 7 heteroatoms. The lowest BCUT2D eigenvalue weighted by atomic mass is 9.44. The van der Waals surface area contributed by atoms with E-state index in [0.717, 1.165) is 6.42 Å². The molecule has 3 saturated carbocycles. The van der Waals surface area contributed by atoms with Gasteiger partial charge in [-0.05, 0) is 81.3 Å². The highest BCUT2D eigenvalue weighted by Crippen LogP contribution is 2.69. The van der Waals surface area contributed by atoms with Crippen LogP contribution in [0.2, 0.25) is 0 Å². The molecule has 0 saturated heterocycles. The van der Waals surface area contributed by atoms with Gasteiger partial charge in [0.25, 0.3) is 0 Å². The number of carbonyl (C=O) groups excluding carboxylic acids is 1. The summed E-state index contributed by atoms with van der Waals surface area (Å²) >= 11 is 0. The Hall–Kier alpha value is -0.830. The number of fused-ring (bicyclic) bond motifs is 5. The summed E-state index contributed by atoms with van der Waals surface area (Å²) in [4.78, 5) is 13.3. The average Bonchev–Trinajstić information content (AvgIpc) is 3.02. The standard InChI is InChI=1S/C27H44O7/c1-15(2)6-7-21(30)25(5,32)20-9-11-26(33)17-12-22(31)27(34)14-19(29)18(28)13-24(27,4)16(17)8-10-23(20,26)3/h12,15-16,18-21,28-30,32-34H,6-11,13-14H2,1-5H3/t16-,18-,19+,20-,21-,23+,24+,25+,26+,27+/m0/s1. The van der Waals surface area contributed by atoms with E-state index in [1.807, 2.05) is 6.92 Å². The molecule has 0 aromatic heterocycles. The van der Waals surface area contributed by atoms with Crippen LogP contribution in [0.1, 0.15) is 86.0 Å². The number of aliphatic hydroxyl groups excluding tert-OH is 3. The van der Waals surface area contributed by atoms with Crippen molar-refractivity contribution in [3.63, 3.8) is 0 Å². The topological polar surface area (TPSA) is 138 Å². The van der Waals surface area contributed by atoms with Gasteiger partial charge in [0.15, 0.2) is 5.78 Å². The predicted octanol–water partition coefficient (Wildman–Crippen LogP) is 1.85. The zero-order chi connectivity index (χ0) is 25.5. The lowest BCUT2D eigenvalue weighted by Crippen LogP contribution is -2.69. The molecule has 4 rings (SSSR count). The van der Waals surface area contributed by atoms with Gasteiger partial charge >= 0.3 is 0 Å². The van der Waals surface area contributed by atoms with E-state index < -0.39 is 51.7 Å². The van der Waals surface area contributed by atoms with E-state index in [2.05, 4.69) is 13.8 Å². The average molecular weight is 481 g/mol. The normalized spacial score (nSPS) is 49.1. The van der Waals surface area contributed by atoms with E-state index in [-0.39, 0.29) is 24.7 Å². The summed E-state index contributed by atoms with van der Waals surface area (Å²) in [7, 11) is 0. The van der Waals surface area contributed by atoms with Crippen molar-refractivity contribution >= 4 is 5.78 Å². The molecule has 0 heterocycles. The third-order valence-corrected chi connectivity index (χ3v) is 10.7. The molecule has 0 unspecified atom stereocenters. The first-order valence-corrected chi connectivity index (χ1v) is 13.0. The van der Waals surface area contributed by atoms with Gasteiger partial charge in [-0.25, -0.2) is 0 Å². The Kier molecular flexibility index (Phi) is 6.24. The monoisotopic (exact) mass is 480 g/mol. The van der Waals surface area contributed by atoms with Crippen LogP contribution in [0, 0.1) is 28.6 Å². The zero-order valence-corrected chi connectivity index (χ0v) is 21.3. The van der Waals surface area contributed by atoms with Gasteiger partial charge in [-0.2, -0.15) is 0 Å². The zero-order valence-electron chi connectivity index (χ0n) is 21.3. The minimum Gasteiger partial charge on any atom is -0.390 e. The van der Waals surface area contributed by atoms with E-state index in [1.165, 1.54) is 6.08 Å². The molecule has 0 amide bonds. The molecule has 0 aliphatic heterocycles. The number of aliphatic hydroxyl groups is 6. The minimum atomic E-state index is -1.79. The number of carbonyl (C=O) groups is 1. The maximum absolute atomic E-state index is 13.3. The van der Waals surface area contributed by atoms with Crippen LogP contribution in [0.4, 0.5) is 0 Å². The molecule has 3 fully saturated rings. The van der Waals surface area contributed by atoms with Crippen molar-refractivity contribution in [3.05, 3.63) is 11.6 Å². The van der Waals surface area contributed by atoms with Crippen molar-refractivity contribution in [2.75, 3.05) is 0 Å². The molecule has 0 aromatic rings. The van der Waals surface area contributed by atoms with Crippen LogP contribution in [0.5, 0.6) is 0 Å². The summed E-state index contributed by atoms with van der Waals surface area (Å²) in [5, 5.41) is 66.9. The minimum absolute atomic E-state index is 0.0697. The smallest absolute Gasteiger partial charge is 0.187 e. The fourth-order valence-corrected chi connectivity index (χ4v) is 8.31. The van der Waals surface area contributed by atoms with Crippen molar-refractivity contribution in [2.24, 2.45) is 28.6 Å². The van der Waals surface area contributed by atoms with Crippen LogP contribution in [0.3, 0.4) is 0 Å². The SMILES string of the molecule is CC(C)CC[C@H](O)[C@](C)(O)[C@H]1CC[C@@]2(O)C3=CC(=O)[C@]4(O)C[C@@H](O)[C@@H](O)C[C@]4(C)[C@H]3CC[C@]12C. The van der Waals surface area contributed by atoms with Crippen LogP contribution in [0.25, 0.3) is 0 Å². The van der Waals surface area contributed by atoms with Crippen molar-refractivity contribution in [1.29, 1.82) is 0 Å². The molecular formula is C27H44O7. The van der Waals surface area contributed by atoms with Gasteiger partial charge in [0, 0.05) is 17.3 Å². The van der Waals surface area contributed by atoms with Crippen molar-refractivity contribution in [3.8, 4) is 0 Å². The number of rotatable bonds is 5. The first-order valence-electron chi connectivity index (χ1n) is 13.0. The highest BCUT2D eigenvalue weighted by molar-refractivity contribution is 6.00. The molecule has 7 nitrogen and oxygen atoms in total. The summed E-state index contributed by atoms with van der Waals surface area (Å²) in [6, 6.07) is 0. The summed E-state index contributed by atoms with van der Waals surface area (Å²) in [6.07, 6.45) is 1.37. The summed E-state index contributed by atoms with van der Waals surface area (Å²) < 4.78 is 0.